The van der Waals surface area contributed by atoms with E-state index < -0.39 is 11.5 Å². The number of carbonyl (C=O) groups is 3. The third kappa shape index (κ3) is 9.07. The summed E-state index contributed by atoms with van der Waals surface area (Å²) in [4.78, 5) is 51.0. The van der Waals surface area contributed by atoms with Gasteiger partial charge in [0, 0.05) is 43.5 Å². The molecule has 0 spiro atoms. The molecule has 2 fully saturated rings. The Bertz CT molecular complexity index is 1660. The number of primary amides is 1. The molecule has 2 saturated heterocycles. The van der Waals surface area contributed by atoms with Gasteiger partial charge < -0.3 is 35.6 Å². The zero-order valence-electron chi connectivity index (χ0n) is 28.8. The highest BCUT2D eigenvalue weighted by molar-refractivity contribution is 5.96. The molecule has 3 heterocycles. The molecule has 5 rings (SSSR count). The van der Waals surface area contributed by atoms with Crippen molar-refractivity contribution in [3.8, 4) is 5.75 Å². The zero-order chi connectivity index (χ0) is 35.1. The number of amides is 3. The van der Waals surface area contributed by atoms with E-state index in [4.69, 9.17) is 20.2 Å². The number of ether oxygens (including phenoxy) is 2. The summed E-state index contributed by atoms with van der Waals surface area (Å²) in [6.45, 7) is 12.1. The van der Waals surface area contributed by atoms with Gasteiger partial charge in [0.15, 0.2) is 11.5 Å². The van der Waals surface area contributed by atoms with Gasteiger partial charge in [-0.05, 0) is 100 Å². The molecule has 3 aromatic rings. The number of allylic oxidation sites excluding steroid dienone is 1. The van der Waals surface area contributed by atoms with Crippen LogP contribution in [0.25, 0.3) is 0 Å². The van der Waals surface area contributed by atoms with Crippen LogP contribution in [0, 0.1) is 0 Å². The van der Waals surface area contributed by atoms with Crippen molar-refractivity contribution in [3.63, 3.8) is 0 Å². The number of hydrogen-bond donors (Lipinski definition) is 3. The van der Waals surface area contributed by atoms with Crippen LogP contribution in [0.1, 0.15) is 84.3 Å². The van der Waals surface area contributed by atoms with Crippen LogP contribution < -0.4 is 26.0 Å². The van der Waals surface area contributed by atoms with Crippen molar-refractivity contribution in [3.05, 3.63) is 83.7 Å². The van der Waals surface area contributed by atoms with Gasteiger partial charge in [0.25, 0.3) is 11.8 Å². The van der Waals surface area contributed by atoms with Crippen molar-refractivity contribution < 1.29 is 23.9 Å². The van der Waals surface area contributed by atoms with E-state index in [0.29, 0.717) is 43.2 Å². The molecule has 1 atom stereocenters. The Labute approximate surface area is 288 Å². The molecule has 2 aliphatic rings. The quantitative estimate of drug-likeness (QED) is 0.235. The number of rotatable bonds is 10. The predicted octanol–water partition coefficient (Wildman–Crippen LogP) is 5.57. The fourth-order valence-electron chi connectivity index (χ4n) is 6.28. The first-order valence-corrected chi connectivity index (χ1v) is 16.8. The third-order valence-electron chi connectivity index (χ3n) is 8.79. The van der Waals surface area contributed by atoms with Gasteiger partial charge in [0.2, 0.25) is 0 Å². The number of methoxy groups -OCH3 is 1. The maximum Gasteiger partial charge on any atom is 0.410 e. The molecule has 4 N–H and O–H groups in total. The number of piperidine rings is 2. The van der Waals surface area contributed by atoms with Crippen LogP contribution in [-0.2, 0) is 11.2 Å². The van der Waals surface area contributed by atoms with E-state index in [0.717, 1.165) is 43.5 Å². The van der Waals surface area contributed by atoms with Crippen LogP contribution >= 0.6 is 0 Å². The summed E-state index contributed by atoms with van der Waals surface area (Å²) < 4.78 is 10.8. The molecule has 2 aromatic carbocycles. The van der Waals surface area contributed by atoms with Crippen molar-refractivity contribution in [1.29, 1.82) is 0 Å². The second-order valence-electron chi connectivity index (χ2n) is 13.6. The first kappa shape index (κ1) is 35.2. The molecular weight excluding hydrogens is 622 g/mol. The molecule has 3 amide bonds. The van der Waals surface area contributed by atoms with Crippen LogP contribution in [0.15, 0.2) is 61.3 Å². The molecule has 0 radical (unpaired) electrons. The van der Waals surface area contributed by atoms with Gasteiger partial charge in [-0.15, -0.1) is 6.58 Å². The fraction of sp³-hybridized carbons (Fsp3) is 0.432. The molecule has 1 aromatic heterocycles. The Morgan fingerprint density at radius 2 is 1.80 bits per heavy atom. The first-order valence-electron chi connectivity index (χ1n) is 16.8. The molecule has 12 nitrogen and oxygen atoms in total. The molecule has 0 bridgehead atoms. The number of hydrogen-bond acceptors (Lipinski definition) is 9. The second kappa shape index (κ2) is 15.4. The van der Waals surface area contributed by atoms with Crippen molar-refractivity contribution >= 4 is 35.2 Å². The Morgan fingerprint density at radius 3 is 2.45 bits per heavy atom. The van der Waals surface area contributed by atoms with E-state index >= 15 is 0 Å². The van der Waals surface area contributed by atoms with E-state index in [1.54, 1.807) is 42.5 Å². The maximum absolute atomic E-state index is 12.9. The van der Waals surface area contributed by atoms with Crippen molar-refractivity contribution in [2.45, 2.75) is 70.4 Å². The standard InChI is InChI=1S/C37H47N7O5/c1-6-8-27-21-26(24-16-19-43(20-17-24)36(47)49-37(2,3)4)12-15-30(27)41-34-32(33(38)45)39-22-31(42-34)44-18-7-9-28(23-44)40-35(46)25-10-13-29(48-5)14-11-25/h6,10-15,21-22,24,28H,1,7-9,16-20,23H2,2-5H3,(H2,38,45)(H,40,46)(H,41,42). The summed E-state index contributed by atoms with van der Waals surface area (Å²) in [5.41, 5.74) is 8.73. The smallest absolute Gasteiger partial charge is 0.410 e. The van der Waals surface area contributed by atoms with E-state index in [9.17, 15) is 14.4 Å². The van der Waals surface area contributed by atoms with Crippen molar-refractivity contribution in [2.75, 3.05) is 43.5 Å². The lowest BCUT2D eigenvalue weighted by atomic mass is 9.88. The Balaban J connectivity index is 1.29. The van der Waals surface area contributed by atoms with E-state index in [1.165, 1.54) is 5.56 Å². The van der Waals surface area contributed by atoms with Gasteiger partial charge in [-0.25, -0.2) is 14.8 Å². The van der Waals surface area contributed by atoms with Gasteiger partial charge in [-0.2, -0.15) is 0 Å². The van der Waals surface area contributed by atoms with Crippen molar-refractivity contribution in [1.82, 2.24) is 20.2 Å². The SMILES string of the molecule is C=CCc1cc(C2CCN(C(=O)OC(C)(C)C)CC2)ccc1Nc1nc(N2CCCC(NC(=O)c3ccc(OC)cc3)C2)cnc1C(N)=O. The minimum atomic E-state index is -0.691. The van der Waals surface area contributed by atoms with E-state index in [-0.39, 0.29) is 35.5 Å². The molecule has 2 aliphatic heterocycles. The predicted molar refractivity (Wildman–Crippen MR) is 190 cm³/mol. The van der Waals surface area contributed by atoms with Gasteiger partial charge in [0.1, 0.15) is 17.2 Å². The lowest BCUT2D eigenvalue weighted by molar-refractivity contribution is 0.0204. The lowest BCUT2D eigenvalue weighted by Crippen LogP contribution is -2.48. The zero-order valence-corrected chi connectivity index (χ0v) is 28.8. The lowest BCUT2D eigenvalue weighted by Gasteiger charge is -2.34. The summed E-state index contributed by atoms with van der Waals surface area (Å²) >= 11 is 0. The minimum absolute atomic E-state index is 0.0354. The number of carbonyl (C=O) groups excluding carboxylic acids is 3. The summed E-state index contributed by atoms with van der Waals surface area (Å²) in [7, 11) is 1.59. The van der Waals surface area contributed by atoms with Crippen molar-refractivity contribution in [2.24, 2.45) is 5.73 Å². The van der Waals surface area contributed by atoms with Gasteiger partial charge in [0.05, 0.1) is 13.3 Å². The average Bonchev–Trinajstić information content (AvgIpc) is 3.08. The second-order valence-corrected chi connectivity index (χ2v) is 13.6. The van der Waals surface area contributed by atoms with Gasteiger partial charge in [-0.1, -0.05) is 18.2 Å². The van der Waals surface area contributed by atoms with Gasteiger partial charge >= 0.3 is 6.09 Å². The number of likely N-dealkylation sites (tertiary alicyclic amines) is 1. The Hall–Kier alpha value is -5.13. The Kier molecular flexibility index (Phi) is 11.1. The van der Waals surface area contributed by atoms with Crippen LogP contribution in [0.4, 0.5) is 22.1 Å². The van der Waals surface area contributed by atoms with E-state index in [2.05, 4.69) is 39.2 Å². The molecule has 12 heteroatoms. The summed E-state index contributed by atoms with van der Waals surface area (Å²) in [5, 5.41) is 6.47. The molecule has 0 saturated carbocycles. The Morgan fingerprint density at radius 1 is 1.06 bits per heavy atom. The molecule has 0 aliphatic carbocycles. The third-order valence-corrected chi connectivity index (χ3v) is 8.79. The topological polar surface area (TPSA) is 152 Å². The van der Waals surface area contributed by atoms with Crippen LogP contribution in [0.2, 0.25) is 0 Å². The maximum atomic E-state index is 12.9. The van der Waals surface area contributed by atoms with Crippen LogP contribution in [0.5, 0.6) is 5.75 Å². The number of nitrogens with zero attached hydrogens (tertiary/aromatic N) is 4. The first-order chi connectivity index (χ1) is 23.4. The number of anilines is 3. The summed E-state index contributed by atoms with van der Waals surface area (Å²) in [6.07, 6.45) is 7.03. The molecule has 49 heavy (non-hydrogen) atoms. The largest absolute Gasteiger partial charge is 0.497 e. The normalized spacial score (nSPS) is 16.9. The fourth-order valence-corrected chi connectivity index (χ4v) is 6.28. The number of benzene rings is 2. The van der Waals surface area contributed by atoms with Crippen LogP contribution in [-0.4, -0.2) is 77.7 Å². The molecule has 1 unspecified atom stereocenters. The van der Waals surface area contributed by atoms with Gasteiger partial charge in [-0.3, -0.25) is 9.59 Å². The molecule has 260 valence electrons. The highest BCUT2D eigenvalue weighted by Crippen LogP contribution is 2.33. The summed E-state index contributed by atoms with van der Waals surface area (Å²) in [6, 6.07) is 13.1. The van der Waals surface area contributed by atoms with Crippen LogP contribution in [0.3, 0.4) is 0 Å². The number of nitrogens with two attached hydrogens (primary N) is 1. The highest BCUT2D eigenvalue weighted by Gasteiger charge is 2.28. The number of aromatic nitrogens is 2. The molecular formula is C37H47N7O5. The number of nitrogens with one attached hydrogen (secondary N) is 2. The average molecular weight is 670 g/mol. The monoisotopic (exact) mass is 669 g/mol. The summed E-state index contributed by atoms with van der Waals surface area (Å²) in [5.74, 6) is 0.973. The highest BCUT2D eigenvalue weighted by atomic mass is 16.6. The van der Waals surface area contributed by atoms with E-state index in [1.807, 2.05) is 32.9 Å². The minimum Gasteiger partial charge on any atom is -0.497 e.